The molecule has 0 unspecified atom stereocenters. The van der Waals surface area contributed by atoms with Crippen LogP contribution in [0.15, 0.2) is 29.2 Å². The molecule has 1 atom stereocenters. The molecule has 0 radical (unpaired) electrons. The fraction of sp³-hybridized carbons (Fsp3) is 0.385. The first kappa shape index (κ1) is 16.7. The molecule has 9 heteroatoms. The van der Waals surface area contributed by atoms with Crippen molar-refractivity contribution in [3.05, 3.63) is 35.1 Å². The van der Waals surface area contributed by atoms with Gasteiger partial charge in [0.2, 0.25) is 10.0 Å². The molecule has 0 saturated heterocycles. The fourth-order valence-electron chi connectivity index (χ4n) is 2.06. The number of nitrogens with one attached hydrogen (secondary N) is 1. The highest BCUT2D eigenvalue weighted by Crippen LogP contribution is 2.20. The maximum absolute atomic E-state index is 12.4. The smallest absolute Gasteiger partial charge is 0.316 e. The third kappa shape index (κ3) is 3.40. The molecule has 2 rings (SSSR count). The van der Waals surface area contributed by atoms with E-state index >= 15 is 0 Å². The van der Waals surface area contributed by atoms with Gasteiger partial charge in [0, 0.05) is 11.6 Å². The van der Waals surface area contributed by atoms with Crippen LogP contribution in [0.3, 0.4) is 0 Å². The molecule has 120 valence electrons. The van der Waals surface area contributed by atoms with E-state index in [1.165, 1.54) is 19.2 Å². The third-order valence-corrected chi connectivity index (χ3v) is 4.84. The standard InChI is InChI=1S/C13H17ClN4O3S/c1-4-18-12(15-16-13(18)21-3)9(2)17-22(19,20)11-7-5-6-10(14)8-11/h5-9,17H,4H2,1-3H3/t9-/m0/s1. The number of aromatic nitrogens is 3. The maximum atomic E-state index is 12.4. The molecule has 7 nitrogen and oxygen atoms in total. The van der Waals surface area contributed by atoms with E-state index in [0.717, 1.165) is 0 Å². The Kier molecular flexibility index (Phi) is 5.05. The molecule has 22 heavy (non-hydrogen) atoms. The second-order valence-corrected chi connectivity index (χ2v) is 6.74. The Bertz CT molecular complexity index is 760. The van der Waals surface area contributed by atoms with Gasteiger partial charge in [0.05, 0.1) is 18.0 Å². The summed E-state index contributed by atoms with van der Waals surface area (Å²) >= 11 is 5.84. The van der Waals surface area contributed by atoms with Crippen molar-refractivity contribution in [2.45, 2.75) is 31.3 Å². The van der Waals surface area contributed by atoms with Crippen molar-refractivity contribution in [1.82, 2.24) is 19.5 Å². The number of ether oxygens (including phenoxy) is 1. The lowest BCUT2D eigenvalue weighted by molar-refractivity contribution is 0.354. The lowest BCUT2D eigenvalue weighted by Crippen LogP contribution is -2.29. The fourth-order valence-corrected chi connectivity index (χ4v) is 3.56. The van der Waals surface area contributed by atoms with Gasteiger partial charge in [0.25, 0.3) is 0 Å². The summed E-state index contributed by atoms with van der Waals surface area (Å²) in [4.78, 5) is 0.0985. The van der Waals surface area contributed by atoms with Gasteiger partial charge in [0.1, 0.15) is 0 Å². The van der Waals surface area contributed by atoms with Gasteiger partial charge in [-0.2, -0.15) is 0 Å². The Morgan fingerprint density at radius 2 is 2.14 bits per heavy atom. The van der Waals surface area contributed by atoms with Crippen molar-refractivity contribution in [2.24, 2.45) is 0 Å². The van der Waals surface area contributed by atoms with Crippen LogP contribution in [-0.2, 0) is 16.6 Å². The van der Waals surface area contributed by atoms with Gasteiger partial charge in [-0.15, -0.1) is 5.10 Å². The highest BCUT2D eigenvalue weighted by molar-refractivity contribution is 7.89. The normalized spacial score (nSPS) is 13.1. The molecule has 1 heterocycles. The van der Waals surface area contributed by atoms with Gasteiger partial charge in [-0.05, 0) is 32.0 Å². The Labute approximate surface area is 134 Å². The molecule has 0 spiro atoms. The number of methoxy groups -OCH3 is 1. The Hall–Kier alpha value is -1.64. The first-order valence-electron chi connectivity index (χ1n) is 6.64. The quantitative estimate of drug-likeness (QED) is 0.866. The molecule has 1 aromatic heterocycles. The summed E-state index contributed by atoms with van der Waals surface area (Å²) in [6.07, 6.45) is 0. The number of rotatable bonds is 6. The molecular weight excluding hydrogens is 328 g/mol. The number of sulfonamides is 1. The van der Waals surface area contributed by atoms with E-state index in [2.05, 4.69) is 14.9 Å². The molecule has 0 fully saturated rings. The van der Waals surface area contributed by atoms with Gasteiger partial charge in [-0.3, -0.25) is 4.57 Å². The van der Waals surface area contributed by atoms with E-state index in [-0.39, 0.29) is 4.90 Å². The van der Waals surface area contributed by atoms with Crippen molar-refractivity contribution in [3.63, 3.8) is 0 Å². The third-order valence-electron chi connectivity index (χ3n) is 3.07. The lowest BCUT2D eigenvalue weighted by atomic mass is 10.3. The van der Waals surface area contributed by atoms with E-state index < -0.39 is 16.1 Å². The molecule has 0 amide bonds. The van der Waals surface area contributed by atoms with Crippen LogP contribution in [0.5, 0.6) is 6.01 Å². The Morgan fingerprint density at radius 3 is 2.73 bits per heavy atom. The van der Waals surface area contributed by atoms with Gasteiger partial charge >= 0.3 is 6.01 Å². The summed E-state index contributed by atoms with van der Waals surface area (Å²) < 4.78 is 34.1. The predicted molar refractivity (Wildman–Crippen MR) is 82.4 cm³/mol. The van der Waals surface area contributed by atoms with Crippen molar-refractivity contribution >= 4 is 21.6 Å². The van der Waals surface area contributed by atoms with E-state index in [0.29, 0.717) is 23.4 Å². The summed E-state index contributed by atoms with van der Waals surface area (Å²) in [5, 5.41) is 8.22. The zero-order valence-corrected chi connectivity index (χ0v) is 14.0. The van der Waals surface area contributed by atoms with Crippen molar-refractivity contribution in [2.75, 3.05) is 7.11 Å². The average molecular weight is 345 g/mol. The number of halogens is 1. The van der Waals surface area contributed by atoms with Crippen LogP contribution in [0.25, 0.3) is 0 Å². The van der Waals surface area contributed by atoms with E-state index in [9.17, 15) is 8.42 Å². The molecule has 1 aromatic carbocycles. The SMILES string of the molecule is CCn1c(OC)nnc1[C@H](C)NS(=O)(=O)c1cccc(Cl)c1. The molecule has 0 aliphatic carbocycles. The first-order valence-corrected chi connectivity index (χ1v) is 8.50. The molecular formula is C13H17ClN4O3S. The number of nitrogens with zero attached hydrogens (tertiary/aromatic N) is 3. The molecule has 0 saturated carbocycles. The Balaban J connectivity index is 2.28. The lowest BCUT2D eigenvalue weighted by Gasteiger charge is -2.15. The van der Waals surface area contributed by atoms with Gasteiger partial charge < -0.3 is 4.74 Å². The van der Waals surface area contributed by atoms with Crippen LogP contribution < -0.4 is 9.46 Å². The van der Waals surface area contributed by atoms with Crippen LogP contribution in [0.2, 0.25) is 5.02 Å². The average Bonchev–Trinajstić information content (AvgIpc) is 2.89. The summed E-state index contributed by atoms with van der Waals surface area (Å²) in [5.41, 5.74) is 0. The van der Waals surface area contributed by atoms with Crippen molar-refractivity contribution in [1.29, 1.82) is 0 Å². The van der Waals surface area contributed by atoms with Gasteiger partial charge in [0.15, 0.2) is 5.82 Å². The minimum absolute atomic E-state index is 0.0985. The minimum Gasteiger partial charge on any atom is -0.467 e. The summed E-state index contributed by atoms with van der Waals surface area (Å²) in [7, 11) is -2.22. The molecule has 0 bridgehead atoms. The number of hydrogen-bond acceptors (Lipinski definition) is 5. The molecule has 0 aliphatic heterocycles. The highest BCUT2D eigenvalue weighted by Gasteiger charge is 2.23. The maximum Gasteiger partial charge on any atom is 0.316 e. The van der Waals surface area contributed by atoms with Crippen molar-refractivity contribution in [3.8, 4) is 6.01 Å². The number of hydrogen-bond donors (Lipinski definition) is 1. The Morgan fingerprint density at radius 1 is 1.41 bits per heavy atom. The van der Waals surface area contributed by atoms with Gasteiger partial charge in [-0.25, -0.2) is 13.1 Å². The number of benzene rings is 1. The van der Waals surface area contributed by atoms with E-state index in [1.54, 1.807) is 23.6 Å². The van der Waals surface area contributed by atoms with Gasteiger partial charge in [-0.1, -0.05) is 22.8 Å². The van der Waals surface area contributed by atoms with Crippen LogP contribution in [0.1, 0.15) is 25.7 Å². The predicted octanol–water partition coefficient (Wildman–Crippen LogP) is 2.00. The zero-order valence-electron chi connectivity index (χ0n) is 12.4. The first-order chi connectivity index (χ1) is 10.4. The monoisotopic (exact) mass is 344 g/mol. The van der Waals surface area contributed by atoms with Crippen LogP contribution in [0.4, 0.5) is 0 Å². The van der Waals surface area contributed by atoms with Crippen LogP contribution in [0, 0.1) is 0 Å². The topological polar surface area (TPSA) is 86.1 Å². The van der Waals surface area contributed by atoms with Crippen LogP contribution >= 0.6 is 11.6 Å². The largest absolute Gasteiger partial charge is 0.467 e. The second-order valence-electron chi connectivity index (χ2n) is 4.59. The van der Waals surface area contributed by atoms with Crippen molar-refractivity contribution < 1.29 is 13.2 Å². The second kappa shape index (κ2) is 6.64. The summed E-state index contributed by atoms with van der Waals surface area (Å²) in [5.74, 6) is 0.477. The summed E-state index contributed by atoms with van der Waals surface area (Å²) in [6.45, 7) is 4.15. The van der Waals surface area contributed by atoms with E-state index in [1.807, 2.05) is 6.92 Å². The highest BCUT2D eigenvalue weighted by atomic mass is 35.5. The zero-order chi connectivity index (χ0) is 16.3. The summed E-state index contributed by atoms with van der Waals surface area (Å²) in [6, 6.07) is 5.84. The molecule has 0 aliphatic rings. The minimum atomic E-state index is -3.71. The molecule has 1 N–H and O–H groups in total. The van der Waals surface area contributed by atoms with Crippen LogP contribution in [-0.4, -0.2) is 30.3 Å². The van der Waals surface area contributed by atoms with E-state index in [4.69, 9.17) is 16.3 Å². The molecule has 2 aromatic rings.